The van der Waals surface area contributed by atoms with Crippen molar-refractivity contribution in [3.05, 3.63) is 42.7 Å². The highest BCUT2D eigenvalue weighted by atomic mass is 16.3. The molecule has 1 aliphatic heterocycles. The van der Waals surface area contributed by atoms with Gasteiger partial charge >= 0.3 is 6.03 Å². The molecule has 0 spiro atoms. The number of anilines is 1. The summed E-state index contributed by atoms with van der Waals surface area (Å²) in [6.07, 6.45) is 2.89. The Morgan fingerprint density at radius 2 is 1.96 bits per heavy atom. The van der Waals surface area contributed by atoms with Crippen LogP contribution >= 0.6 is 0 Å². The van der Waals surface area contributed by atoms with Gasteiger partial charge in [-0.2, -0.15) is 0 Å². The maximum atomic E-state index is 12.6. The van der Waals surface area contributed by atoms with Crippen molar-refractivity contribution in [2.24, 2.45) is 0 Å². The molecular weight excluding hydrogens is 330 g/mol. The number of hydrogen-bond acceptors (Lipinski definition) is 5. The van der Waals surface area contributed by atoms with Gasteiger partial charge in [0.1, 0.15) is 0 Å². The minimum Gasteiger partial charge on any atom is -0.392 e. The molecule has 1 fully saturated rings. The van der Waals surface area contributed by atoms with E-state index >= 15 is 0 Å². The number of carbonyl (C=O) groups is 1. The van der Waals surface area contributed by atoms with Crippen LogP contribution in [-0.4, -0.2) is 69.2 Å². The molecule has 7 nitrogen and oxygen atoms in total. The molecule has 138 valence electrons. The van der Waals surface area contributed by atoms with Crippen molar-refractivity contribution >= 4 is 11.7 Å². The summed E-state index contributed by atoms with van der Waals surface area (Å²) < 4.78 is 0. The summed E-state index contributed by atoms with van der Waals surface area (Å²) in [4.78, 5) is 25.2. The number of amides is 2. The molecule has 2 atom stereocenters. The van der Waals surface area contributed by atoms with Crippen LogP contribution < -0.4 is 5.32 Å². The van der Waals surface area contributed by atoms with E-state index in [9.17, 15) is 9.90 Å². The van der Waals surface area contributed by atoms with Gasteiger partial charge in [0.25, 0.3) is 0 Å². The summed E-state index contributed by atoms with van der Waals surface area (Å²) in [5.41, 5.74) is 1.52. The Labute approximate surface area is 153 Å². The van der Waals surface area contributed by atoms with Gasteiger partial charge in [0.15, 0.2) is 5.82 Å². The Hall–Kier alpha value is -2.51. The van der Waals surface area contributed by atoms with Gasteiger partial charge in [-0.05, 0) is 13.8 Å². The fourth-order valence-electron chi connectivity index (χ4n) is 3.20. The van der Waals surface area contributed by atoms with E-state index < -0.39 is 0 Å². The van der Waals surface area contributed by atoms with Crippen molar-refractivity contribution in [2.75, 3.05) is 31.5 Å². The van der Waals surface area contributed by atoms with Crippen LogP contribution in [-0.2, 0) is 0 Å². The van der Waals surface area contributed by atoms with E-state index in [2.05, 4.69) is 20.2 Å². The van der Waals surface area contributed by atoms with E-state index in [1.807, 2.05) is 42.2 Å². The average Bonchev–Trinajstić information content (AvgIpc) is 2.62. The molecule has 2 amide bonds. The number of aliphatic hydroxyl groups excluding tert-OH is 1. The summed E-state index contributed by atoms with van der Waals surface area (Å²) in [5.74, 6) is 0.628. The lowest BCUT2D eigenvalue weighted by atomic mass is 10.2. The molecule has 26 heavy (non-hydrogen) atoms. The molecule has 0 bridgehead atoms. The highest BCUT2D eigenvalue weighted by molar-refractivity contribution is 5.89. The Kier molecular flexibility index (Phi) is 5.80. The lowest BCUT2D eigenvalue weighted by Crippen LogP contribution is -2.56. The van der Waals surface area contributed by atoms with E-state index in [4.69, 9.17) is 0 Å². The highest BCUT2D eigenvalue weighted by Gasteiger charge is 2.27. The molecule has 0 aliphatic carbocycles. The van der Waals surface area contributed by atoms with Crippen molar-refractivity contribution in [3.8, 4) is 11.4 Å². The lowest BCUT2D eigenvalue weighted by Gasteiger charge is -2.40. The predicted molar refractivity (Wildman–Crippen MR) is 101 cm³/mol. The molecule has 0 radical (unpaired) electrons. The second-order valence-corrected chi connectivity index (χ2v) is 6.74. The lowest BCUT2D eigenvalue weighted by molar-refractivity contribution is 0.0692. The largest absolute Gasteiger partial charge is 0.392 e. The number of aromatic nitrogens is 2. The van der Waals surface area contributed by atoms with Crippen molar-refractivity contribution in [3.63, 3.8) is 0 Å². The Bertz CT molecular complexity index is 720. The smallest absolute Gasteiger partial charge is 0.322 e. The van der Waals surface area contributed by atoms with Crippen LogP contribution in [0.25, 0.3) is 11.4 Å². The van der Waals surface area contributed by atoms with Crippen LogP contribution in [0.2, 0.25) is 0 Å². The van der Waals surface area contributed by atoms with E-state index in [0.717, 1.165) is 18.7 Å². The Morgan fingerprint density at radius 3 is 2.58 bits per heavy atom. The molecule has 2 heterocycles. The third-order valence-corrected chi connectivity index (χ3v) is 4.43. The van der Waals surface area contributed by atoms with Gasteiger partial charge in [0.05, 0.1) is 24.2 Å². The molecule has 2 N–H and O–H groups in total. The quantitative estimate of drug-likeness (QED) is 0.877. The second-order valence-electron chi connectivity index (χ2n) is 6.74. The van der Waals surface area contributed by atoms with Crippen molar-refractivity contribution in [2.45, 2.75) is 26.0 Å². The molecule has 1 saturated heterocycles. The fourth-order valence-corrected chi connectivity index (χ4v) is 3.20. The standard InChI is InChI=1S/C19H25N5O2/c1-14-12-23(13-15(2)25)8-9-24(14)19(26)22-17-10-20-18(21-11-17)16-6-4-3-5-7-16/h3-7,10-11,14-15,25H,8-9,12-13H2,1-2H3,(H,22,26)/t14-,15-/m1/s1. The molecular formula is C19H25N5O2. The van der Waals surface area contributed by atoms with Gasteiger partial charge in [0.2, 0.25) is 0 Å². The number of nitrogens with one attached hydrogen (secondary N) is 1. The first kappa shape index (κ1) is 18.3. The molecule has 7 heteroatoms. The SMILES string of the molecule is C[C@@H]1CN(C[C@@H](C)O)CCN1C(=O)Nc1cnc(-c2ccccc2)nc1. The van der Waals surface area contributed by atoms with E-state index in [-0.39, 0.29) is 18.2 Å². The number of β-amino-alcohol motifs (C(OH)–C–C–N with tert-alkyl or cyclic N) is 1. The number of rotatable bonds is 4. The van der Waals surface area contributed by atoms with Crippen molar-refractivity contribution < 1.29 is 9.90 Å². The molecule has 3 rings (SSSR count). The number of carbonyl (C=O) groups excluding carboxylic acids is 1. The monoisotopic (exact) mass is 355 g/mol. The average molecular weight is 355 g/mol. The van der Waals surface area contributed by atoms with Gasteiger partial charge < -0.3 is 15.3 Å². The Balaban J connectivity index is 1.58. The van der Waals surface area contributed by atoms with Crippen LogP contribution in [0.5, 0.6) is 0 Å². The third kappa shape index (κ3) is 4.56. The molecule has 1 aromatic heterocycles. The minimum atomic E-state index is -0.358. The number of aliphatic hydroxyl groups is 1. The number of benzene rings is 1. The summed E-state index contributed by atoms with van der Waals surface area (Å²) in [6, 6.07) is 9.64. The van der Waals surface area contributed by atoms with Gasteiger partial charge in [0, 0.05) is 37.8 Å². The fraction of sp³-hybridized carbons (Fsp3) is 0.421. The van der Waals surface area contributed by atoms with Crippen molar-refractivity contribution in [1.29, 1.82) is 0 Å². The number of hydrogen-bond donors (Lipinski definition) is 2. The summed E-state index contributed by atoms with van der Waals surface area (Å²) in [5, 5.41) is 12.4. The zero-order valence-corrected chi connectivity index (χ0v) is 15.2. The van der Waals surface area contributed by atoms with Gasteiger partial charge in [-0.15, -0.1) is 0 Å². The zero-order valence-electron chi connectivity index (χ0n) is 15.2. The summed E-state index contributed by atoms with van der Waals surface area (Å²) >= 11 is 0. The molecule has 1 aliphatic rings. The van der Waals surface area contributed by atoms with Crippen LogP contribution in [0, 0.1) is 0 Å². The highest BCUT2D eigenvalue weighted by Crippen LogP contribution is 2.16. The molecule has 2 aromatic rings. The van der Waals surface area contributed by atoms with E-state index in [1.54, 1.807) is 19.3 Å². The van der Waals surface area contributed by atoms with Crippen LogP contribution in [0.15, 0.2) is 42.7 Å². The number of piperazine rings is 1. The summed E-state index contributed by atoms with van der Waals surface area (Å²) in [6.45, 7) is 6.57. The van der Waals surface area contributed by atoms with Gasteiger partial charge in [-0.3, -0.25) is 4.90 Å². The topological polar surface area (TPSA) is 81.6 Å². The number of nitrogens with zero attached hydrogens (tertiary/aromatic N) is 4. The first-order valence-electron chi connectivity index (χ1n) is 8.88. The van der Waals surface area contributed by atoms with Crippen molar-refractivity contribution in [1.82, 2.24) is 19.8 Å². The first-order chi connectivity index (χ1) is 12.5. The maximum Gasteiger partial charge on any atom is 0.322 e. The zero-order chi connectivity index (χ0) is 18.5. The predicted octanol–water partition coefficient (Wildman–Crippen LogP) is 2.06. The minimum absolute atomic E-state index is 0.0759. The van der Waals surface area contributed by atoms with Crippen LogP contribution in [0.4, 0.5) is 10.5 Å². The van der Waals surface area contributed by atoms with Crippen LogP contribution in [0.1, 0.15) is 13.8 Å². The summed E-state index contributed by atoms with van der Waals surface area (Å²) in [7, 11) is 0. The molecule has 0 unspecified atom stereocenters. The Morgan fingerprint density at radius 1 is 1.27 bits per heavy atom. The van der Waals surface area contributed by atoms with Gasteiger partial charge in [-0.25, -0.2) is 14.8 Å². The second kappa shape index (κ2) is 8.25. The molecule has 1 aromatic carbocycles. The maximum absolute atomic E-state index is 12.6. The number of urea groups is 1. The first-order valence-corrected chi connectivity index (χ1v) is 8.88. The van der Waals surface area contributed by atoms with E-state index in [1.165, 1.54) is 0 Å². The van der Waals surface area contributed by atoms with E-state index in [0.29, 0.717) is 24.6 Å². The third-order valence-electron chi connectivity index (χ3n) is 4.43. The normalized spacial score (nSPS) is 19.2. The molecule has 0 saturated carbocycles. The van der Waals surface area contributed by atoms with Crippen LogP contribution in [0.3, 0.4) is 0 Å². The van der Waals surface area contributed by atoms with Gasteiger partial charge in [-0.1, -0.05) is 30.3 Å².